The van der Waals surface area contributed by atoms with Gasteiger partial charge >= 0.3 is 6.18 Å². The normalized spacial score (nSPS) is 13.3. The van der Waals surface area contributed by atoms with Gasteiger partial charge in [0.25, 0.3) is 0 Å². The van der Waals surface area contributed by atoms with Crippen LogP contribution in [0, 0.1) is 5.82 Å². The third-order valence-electron chi connectivity index (χ3n) is 3.98. The van der Waals surface area contributed by atoms with E-state index in [9.17, 15) is 26.0 Å². The number of nitrogens with zero attached hydrogens (tertiary/aromatic N) is 2. The van der Waals surface area contributed by atoms with Crippen LogP contribution in [0.1, 0.15) is 22.9 Å². The Hall–Kier alpha value is -2.66. The fraction of sp³-hybridized carbons (Fsp3) is 0.222. The molecule has 0 aliphatic rings. The van der Waals surface area contributed by atoms with E-state index in [0.717, 1.165) is 12.3 Å². The first-order chi connectivity index (χ1) is 13.9. The van der Waals surface area contributed by atoms with Crippen LogP contribution >= 0.6 is 11.6 Å². The Kier molecular flexibility index (Phi) is 6.04. The van der Waals surface area contributed by atoms with Crippen molar-refractivity contribution in [1.29, 1.82) is 0 Å². The summed E-state index contributed by atoms with van der Waals surface area (Å²) in [7, 11) is -3.59. The maximum absolute atomic E-state index is 13.6. The van der Waals surface area contributed by atoms with Gasteiger partial charge in [0.2, 0.25) is 5.88 Å². The number of aromatic amines is 1. The molecule has 0 spiro atoms. The average Bonchev–Trinajstić information content (AvgIpc) is 3.14. The first kappa shape index (κ1) is 22.0. The van der Waals surface area contributed by atoms with Gasteiger partial charge in [-0.05, 0) is 23.3 Å². The topological polar surface area (TPSA) is 84.9 Å². The number of nitrogens with one attached hydrogen (secondary N) is 1. The van der Waals surface area contributed by atoms with E-state index in [0.29, 0.717) is 11.1 Å². The summed E-state index contributed by atoms with van der Waals surface area (Å²) in [5, 5.41) is -0.362. The SMILES string of the molecule is CS(=O)(=O)c1c[nH]c(C(c2ccc(OCC(F)(F)F)nc2)c2ccc(F)c(Cl)c2)n1. The third kappa shape index (κ3) is 5.28. The van der Waals surface area contributed by atoms with E-state index in [2.05, 4.69) is 19.7 Å². The predicted octanol–water partition coefficient (Wildman–Crippen LogP) is 4.12. The fourth-order valence-electron chi connectivity index (χ4n) is 2.66. The summed E-state index contributed by atoms with van der Waals surface area (Å²) in [5.41, 5.74) is 0.896. The molecule has 0 aliphatic carbocycles. The van der Waals surface area contributed by atoms with Gasteiger partial charge in [0.15, 0.2) is 21.5 Å². The van der Waals surface area contributed by atoms with Gasteiger partial charge in [0.05, 0.1) is 10.9 Å². The van der Waals surface area contributed by atoms with Crippen molar-refractivity contribution in [3.8, 4) is 5.88 Å². The van der Waals surface area contributed by atoms with Gasteiger partial charge in [0.1, 0.15) is 11.6 Å². The lowest BCUT2D eigenvalue weighted by molar-refractivity contribution is -0.154. The number of benzene rings is 1. The molecule has 0 fully saturated rings. The second-order valence-electron chi connectivity index (χ2n) is 6.34. The lowest BCUT2D eigenvalue weighted by Crippen LogP contribution is -2.19. The van der Waals surface area contributed by atoms with Crippen LogP contribution in [0.5, 0.6) is 5.88 Å². The van der Waals surface area contributed by atoms with Gasteiger partial charge in [-0.25, -0.2) is 22.8 Å². The largest absolute Gasteiger partial charge is 0.468 e. The van der Waals surface area contributed by atoms with Crippen LogP contribution in [0.15, 0.2) is 47.8 Å². The van der Waals surface area contributed by atoms with Gasteiger partial charge in [-0.2, -0.15) is 13.2 Å². The third-order valence-corrected chi connectivity index (χ3v) is 5.24. The van der Waals surface area contributed by atoms with Gasteiger partial charge < -0.3 is 9.72 Å². The van der Waals surface area contributed by atoms with Crippen LogP contribution in [0.3, 0.4) is 0 Å². The summed E-state index contributed by atoms with van der Waals surface area (Å²) in [5.74, 6) is -1.45. The molecule has 2 aromatic heterocycles. The Morgan fingerprint density at radius 1 is 1.20 bits per heavy atom. The molecule has 3 rings (SSSR count). The van der Waals surface area contributed by atoms with Crippen molar-refractivity contribution in [2.45, 2.75) is 17.1 Å². The zero-order chi connectivity index (χ0) is 22.1. The van der Waals surface area contributed by atoms with Crippen LogP contribution in [0.25, 0.3) is 0 Å². The number of halogens is 5. The van der Waals surface area contributed by atoms with E-state index in [1.165, 1.54) is 36.7 Å². The van der Waals surface area contributed by atoms with Gasteiger partial charge in [0, 0.05) is 24.7 Å². The molecule has 160 valence electrons. The van der Waals surface area contributed by atoms with E-state index in [4.69, 9.17) is 11.6 Å². The van der Waals surface area contributed by atoms with Crippen molar-refractivity contribution in [2.24, 2.45) is 0 Å². The molecule has 1 N–H and O–H groups in total. The fourth-order valence-corrected chi connectivity index (χ4v) is 3.39. The number of H-pyrrole nitrogens is 1. The van der Waals surface area contributed by atoms with Crippen LogP contribution in [0.2, 0.25) is 5.02 Å². The van der Waals surface area contributed by atoms with E-state index in [1.54, 1.807) is 0 Å². The molecule has 0 aliphatic heterocycles. The molecular weight excluding hydrogens is 450 g/mol. The summed E-state index contributed by atoms with van der Waals surface area (Å²) in [6.07, 6.45) is -1.05. The molecule has 1 atom stereocenters. The van der Waals surface area contributed by atoms with Crippen molar-refractivity contribution in [3.05, 3.63) is 70.5 Å². The zero-order valence-electron chi connectivity index (χ0n) is 15.2. The molecule has 12 heteroatoms. The summed E-state index contributed by atoms with van der Waals surface area (Å²) in [6, 6.07) is 6.60. The Balaban J connectivity index is 2.01. The van der Waals surface area contributed by atoms with Crippen LogP contribution in [-0.2, 0) is 9.84 Å². The minimum absolute atomic E-state index is 0.162. The first-order valence-corrected chi connectivity index (χ1v) is 10.6. The van der Waals surface area contributed by atoms with Crippen molar-refractivity contribution in [1.82, 2.24) is 15.0 Å². The first-order valence-electron chi connectivity index (χ1n) is 8.30. The van der Waals surface area contributed by atoms with Gasteiger partial charge in [-0.3, -0.25) is 0 Å². The number of rotatable bonds is 6. The molecule has 0 bridgehead atoms. The number of hydrogen-bond donors (Lipinski definition) is 1. The highest BCUT2D eigenvalue weighted by molar-refractivity contribution is 7.90. The van der Waals surface area contributed by atoms with Crippen molar-refractivity contribution in [2.75, 3.05) is 12.9 Å². The Morgan fingerprint density at radius 2 is 1.90 bits per heavy atom. The highest BCUT2D eigenvalue weighted by Gasteiger charge is 2.29. The second-order valence-corrected chi connectivity index (χ2v) is 8.71. The van der Waals surface area contributed by atoms with Crippen molar-refractivity contribution in [3.63, 3.8) is 0 Å². The monoisotopic (exact) mass is 463 g/mol. The molecule has 3 aromatic rings. The van der Waals surface area contributed by atoms with E-state index >= 15 is 0 Å². The lowest BCUT2D eigenvalue weighted by atomic mass is 9.91. The molecule has 0 radical (unpaired) electrons. The number of alkyl halides is 3. The molecule has 6 nitrogen and oxygen atoms in total. The van der Waals surface area contributed by atoms with Crippen molar-refractivity contribution >= 4 is 21.4 Å². The van der Waals surface area contributed by atoms with E-state index in [1.807, 2.05) is 0 Å². The van der Waals surface area contributed by atoms with Crippen LogP contribution < -0.4 is 4.74 Å². The smallest absolute Gasteiger partial charge is 0.422 e. The summed E-state index contributed by atoms with van der Waals surface area (Å²) < 4.78 is 78.6. The Morgan fingerprint density at radius 3 is 2.43 bits per heavy atom. The van der Waals surface area contributed by atoms with Crippen LogP contribution in [0.4, 0.5) is 17.6 Å². The van der Waals surface area contributed by atoms with Gasteiger partial charge in [-0.1, -0.05) is 23.7 Å². The maximum atomic E-state index is 13.6. The molecule has 0 saturated carbocycles. The number of hydrogen-bond acceptors (Lipinski definition) is 5. The second kappa shape index (κ2) is 8.23. The summed E-state index contributed by atoms with van der Waals surface area (Å²) in [6.45, 7) is -1.49. The standard InChI is InChI=1S/C18H14ClF4N3O3S/c1-30(27,28)15-8-25-17(26-15)16(10-2-4-13(20)12(19)6-10)11-3-5-14(24-7-11)29-9-18(21,22)23/h2-8,16H,9H2,1H3,(H,25,26). The van der Waals surface area contributed by atoms with E-state index < -0.39 is 34.4 Å². The lowest BCUT2D eigenvalue weighted by Gasteiger charge is -2.17. The minimum Gasteiger partial charge on any atom is -0.468 e. The summed E-state index contributed by atoms with van der Waals surface area (Å²) in [4.78, 5) is 10.7. The highest BCUT2D eigenvalue weighted by Crippen LogP contribution is 2.33. The number of aromatic nitrogens is 3. The average molecular weight is 464 g/mol. The molecule has 1 aromatic carbocycles. The summed E-state index contributed by atoms with van der Waals surface area (Å²) >= 11 is 5.88. The zero-order valence-corrected chi connectivity index (χ0v) is 16.8. The van der Waals surface area contributed by atoms with Gasteiger partial charge in [-0.15, -0.1) is 0 Å². The molecule has 2 heterocycles. The Labute approximate surface area is 173 Å². The van der Waals surface area contributed by atoms with Crippen LogP contribution in [-0.4, -0.2) is 42.4 Å². The highest BCUT2D eigenvalue weighted by atomic mass is 35.5. The number of sulfone groups is 1. The predicted molar refractivity (Wildman–Crippen MR) is 99.8 cm³/mol. The minimum atomic E-state index is -4.51. The molecular formula is C18H14ClF4N3O3S. The number of ether oxygens (including phenoxy) is 1. The van der Waals surface area contributed by atoms with Crippen molar-refractivity contribution < 1.29 is 30.7 Å². The molecule has 0 amide bonds. The Bertz CT molecular complexity index is 1150. The number of imidazole rings is 1. The molecule has 1 unspecified atom stereocenters. The quantitative estimate of drug-likeness (QED) is 0.556. The van der Waals surface area contributed by atoms with E-state index in [-0.39, 0.29) is 21.8 Å². The maximum Gasteiger partial charge on any atom is 0.422 e. The molecule has 0 saturated heterocycles. The molecule has 30 heavy (non-hydrogen) atoms. The number of pyridine rings is 1.